The van der Waals surface area contributed by atoms with Gasteiger partial charge in [0.05, 0.1) is 16.8 Å². The third kappa shape index (κ3) is 3.92. The van der Waals surface area contributed by atoms with Crippen LogP contribution in [0.4, 0.5) is 10.1 Å². The summed E-state index contributed by atoms with van der Waals surface area (Å²) in [6.45, 7) is 4.82. The number of thiocarbonyl (C=S) groups is 1. The van der Waals surface area contributed by atoms with E-state index in [1.54, 1.807) is 12.3 Å². The van der Waals surface area contributed by atoms with E-state index >= 15 is 0 Å². The molecule has 7 heteroatoms. The van der Waals surface area contributed by atoms with Crippen LogP contribution in [-0.2, 0) is 6.54 Å². The molecule has 0 fully saturated rings. The zero-order valence-corrected chi connectivity index (χ0v) is 13.3. The summed E-state index contributed by atoms with van der Waals surface area (Å²) >= 11 is 11.0. The third-order valence-electron chi connectivity index (χ3n) is 3.02. The maximum Gasteiger partial charge on any atom is 0.171 e. The Hall–Kier alpha value is -1.66. The Bertz CT molecular complexity index is 644. The highest BCUT2D eigenvalue weighted by Crippen LogP contribution is 2.19. The van der Waals surface area contributed by atoms with Crippen LogP contribution in [0, 0.1) is 5.82 Å². The fourth-order valence-electron chi connectivity index (χ4n) is 1.99. The Labute approximate surface area is 133 Å². The van der Waals surface area contributed by atoms with Crippen LogP contribution in [0.1, 0.15) is 25.6 Å². The first-order valence-corrected chi connectivity index (χ1v) is 7.34. The summed E-state index contributed by atoms with van der Waals surface area (Å²) in [5.74, 6) is -0.457. The van der Waals surface area contributed by atoms with Crippen LogP contribution >= 0.6 is 23.8 Å². The molecule has 0 aliphatic carbocycles. The van der Waals surface area contributed by atoms with Gasteiger partial charge in [-0.3, -0.25) is 4.68 Å². The maximum absolute atomic E-state index is 13.1. The molecule has 21 heavy (non-hydrogen) atoms. The smallest absolute Gasteiger partial charge is 0.171 e. The summed E-state index contributed by atoms with van der Waals surface area (Å²) < 4.78 is 15.0. The van der Waals surface area contributed by atoms with Crippen molar-refractivity contribution >= 4 is 34.6 Å². The van der Waals surface area contributed by atoms with Gasteiger partial charge in [0, 0.05) is 18.4 Å². The summed E-state index contributed by atoms with van der Waals surface area (Å²) in [7, 11) is 0. The summed E-state index contributed by atoms with van der Waals surface area (Å²) in [6.07, 6.45) is 1.76. The van der Waals surface area contributed by atoms with Crippen LogP contribution in [-0.4, -0.2) is 14.9 Å². The van der Waals surface area contributed by atoms with Crippen molar-refractivity contribution in [2.75, 3.05) is 5.32 Å². The van der Waals surface area contributed by atoms with Crippen LogP contribution in [0.15, 0.2) is 30.5 Å². The molecule has 112 valence electrons. The number of hydrogen-bond donors (Lipinski definition) is 2. The van der Waals surface area contributed by atoms with Crippen molar-refractivity contribution in [3.8, 4) is 0 Å². The Morgan fingerprint density at radius 1 is 1.48 bits per heavy atom. The molecule has 2 N–H and O–H groups in total. The predicted molar refractivity (Wildman–Crippen MR) is 87.1 cm³/mol. The summed E-state index contributed by atoms with van der Waals surface area (Å²) in [5.41, 5.74) is 1.67. The van der Waals surface area contributed by atoms with Crippen LogP contribution < -0.4 is 10.6 Å². The largest absolute Gasteiger partial charge is 0.354 e. The molecule has 2 aromatic rings. The predicted octanol–water partition coefficient (Wildman–Crippen LogP) is 3.74. The van der Waals surface area contributed by atoms with Gasteiger partial charge in [0.25, 0.3) is 0 Å². The molecule has 1 heterocycles. The number of benzene rings is 1. The van der Waals surface area contributed by atoms with Gasteiger partial charge < -0.3 is 10.6 Å². The second-order valence-electron chi connectivity index (χ2n) is 4.52. The number of rotatable bonds is 4. The van der Waals surface area contributed by atoms with Crippen LogP contribution in [0.5, 0.6) is 0 Å². The van der Waals surface area contributed by atoms with Crippen molar-refractivity contribution in [2.45, 2.75) is 26.4 Å². The Balaban J connectivity index is 1.99. The molecule has 0 bridgehead atoms. The van der Waals surface area contributed by atoms with E-state index in [4.69, 9.17) is 23.8 Å². The van der Waals surface area contributed by atoms with Gasteiger partial charge in [-0.25, -0.2) is 4.39 Å². The number of nitrogens with zero attached hydrogens (tertiary/aromatic N) is 2. The van der Waals surface area contributed by atoms with Crippen molar-refractivity contribution in [1.82, 2.24) is 15.1 Å². The molecule has 0 saturated heterocycles. The van der Waals surface area contributed by atoms with E-state index in [1.165, 1.54) is 12.1 Å². The third-order valence-corrected chi connectivity index (χ3v) is 3.53. The highest BCUT2D eigenvalue weighted by Gasteiger charge is 2.12. The van der Waals surface area contributed by atoms with E-state index in [0.29, 0.717) is 10.8 Å². The van der Waals surface area contributed by atoms with Crippen molar-refractivity contribution in [1.29, 1.82) is 0 Å². The van der Waals surface area contributed by atoms with Crippen molar-refractivity contribution < 1.29 is 4.39 Å². The van der Waals surface area contributed by atoms with Crippen molar-refractivity contribution in [3.63, 3.8) is 0 Å². The van der Waals surface area contributed by atoms with E-state index in [-0.39, 0.29) is 11.1 Å². The average Bonchev–Trinajstić information content (AvgIpc) is 2.91. The van der Waals surface area contributed by atoms with Gasteiger partial charge in [-0.05, 0) is 50.3 Å². The number of aryl methyl sites for hydroxylation is 1. The van der Waals surface area contributed by atoms with Gasteiger partial charge >= 0.3 is 0 Å². The lowest BCUT2D eigenvalue weighted by Crippen LogP contribution is -2.32. The highest BCUT2D eigenvalue weighted by atomic mass is 35.5. The van der Waals surface area contributed by atoms with Gasteiger partial charge in [0.15, 0.2) is 5.11 Å². The van der Waals surface area contributed by atoms with Crippen LogP contribution in [0.25, 0.3) is 0 Å². The summed E-state index contributed by atoms with van der Waals surface area (Å²) in [5, 5.41) is 10.9. The molecule has 0 aliphatic heterocycles. The maximum atomic E-state index is 13.1. The minimum absolute atomic E-state index is 0.00312. The minimum atomic E-state index is -0.457. The lowest BCUT2D eigenvalue weighted by atomic mass is 10.2. The lowest BCUT2D eigenvalue weighted by molar-refractivity contribution is 0.568. The second-order valence-corrected chi connectivity index (χ2v) is 5.34. The highest BCUT2D eigenvalue weighted by molar-refractivity contribution is 7.80. The first-order valence-electron chi connectivity index (χ1n) is 6.55. The van der Waals surface area contributed by atoms with E-state index in [9.17, 15) is 4.39 Å². The fraction of sp³-hybridized carbons (Fsp3) is 0.286. The molecule has 1 atom stereocenters. The SMILES string of the molecule is CCn1nccc1C(C)NC(=S)Nc1ccc(F)c(Cl)c1. The number of hydrogen-bond acceptors (Lipinski definition) is 2. The topological polar surface area (TPSA) is 41.9 Å². The van der Waals surface area contributed by atoms with Gasteiger partial charge in [-0.2, -0.15) is 5.10 Å². The average molecular weight is 327 g/mol. The van der Waals surface area contributed by atoms with Crippen molar-refractivity contribution in [3.05, 3.63) is 47.0 Å². The monoisotopic (exact) mass is 326 g/mol. The summed E-state index contributed by atoms with van der Waals surface area (Å²) in [4.78, 5) is 0. The molecule has 0 spiro atoms. The molecule has 4 nitrogen and oxygen atoms in total. The number of halogens is 2. The van der Waals surface area contributed by atoms with Crippen LogP contribution in [0.3, 0.4) is 0 Å². The molecule has 0 amide bonds. The van der Waals surface area contributed by atoms with E-state index < -0.39 is 5.82 Å². The Kier molecular flexibility index (Phi) is 5.14. The minimum Gasteiger partial charge on any atom is -0.354 e. The molecule has 0 saturated carbocycles. The lowest BCUT2D eigenvalue weighted by Gasteiger charge is -2.18. The second kappa shape index (κ2) is 6.87. The quantitative estimate of drug-likeness (QED) is 0.840. The fourth-order valence-corrected chi connectivity index (χ4v) is 2.46. The molecule has 1 aromatic heterocycles. The van der Waals surface area contributed by atoms with E-state index in [2.05, 4.69) is 15.7 Å². The van der Waals surface area contributed by atoms with Gasteiger partial charge in [0.1, 0.15) is 5.82 Å². The van der Waals surface area contributed by atoms with Gasteiger partial charge in [-0.15, -0.1) is 0 Å². The number of nitrogens with one attached hydrogen (secondary N) is 2. The van der Waals surface area contributed by atoms with E-state index in [0.717, 1.165) is 12.2 Å². The number of anilines is 1. The standard InChI is InChI=1S/C14H16ClFN4S/c1-3-20-13(6-7-17-20)9(2)18-14(21)19-10-4-5-12(16)11(15)8-10/h4-9H,3H2,1-2H3,(H2,18,19,21). The molecule has 0 radical (unpaired) electrons. The zero-order chi connectivity index (χ0) is 15.4. The molecular weight excluding hydrogens is 311 g/mol. The summed E-state index contributed by atoms with van der Waals surface area (Å²) in [6, 6.07) is 6.31. The first kappa shape index (κ1) is 15.7. The molecule has 1 unspecified atom stereocenters. The Morgan fingerprint density at radius 3 is 2.90 bits per heavy atom. The zero-order valence-electron chi connectivity index (χ0n) is 11.7. The number of aromatic nitrogens is 2. The Morgan fingerprint density at radius 2 is 2.24 bits per heavy atom. The van der Waals surface area contributed by atoms with Crippen LogP contribution in [0.2, 0.25) is 5.02 Å². The molecule has 1 aromatic carbocycles. The first-order chi connectivity index (χ1) is 10.0. The van der Waals surface area contributed by atoms with Gasteiger partial charge in [0.2, 0.25) is 0 Å². The molecular formula is C14H16ClFN4S. The van der Waals surface area contributed by atoms with E-state index in [1.807, 2.05) is 24.6 Å². The molecule has 2 rings (SSSR count). The molecule has 0 aliphatic rings. The van der Waals surface area contributed by atoms with Gasteiger partial charge in [-0.1, -0.05) is 11.6 Å². The van der Waals surface area contributed by atoms with Crippen molar-refractivity contribution in [2.24, 2.45) is 0 Å². The normalized spacial score (nSPS) is 12.0.